The van der Waals surface area contributed by atoms with Crippen LogP contribution in [0.1, 0.15) is 5.56 Å². The van der Waals surface area contributed by atoms with Crippen LogP contribution in [0.5, 0.6) is 0 Å². The van der Waals surface area contributed by atoms with E-state index >= 15 is 0 Å². The largest absolute Gasteiger partial charge is 0.121 e. The third-order valence-electron chi connectivity index (χ3n) is 1.99. The maximum absolute atomic E-state index is 2.16. The molecular formula is C13H13LiS. The first-order chi connectivity index (χ1) is 6.95. The van der Waals surface area contributed by atoms with Gasteiger partial charge in [0, 0.05) is 10.6 Å². The summed E-state index contributed by atoms with van der Waals surface area (Å²) < 4.78 is 0. The molecule has 2 rings (SSSR count). The molecule has 2 aromatic rings. The smallest absolute Gasteiger partial charge is 0.0231 e. The second-order valence-electron chi connectivity index (χ2n) is 3.09. The Bertz CT molecular complexity index is 333. The standard InChI is InChI=1S/C13H12S.Li.H/c1-3-7-12(8-4-1)11-14-13-9-5-2-6-10-13;;/h1-10H,11H2;;. The van der Waals surface area contributed by atoms with Crippen LogP contribution in [-0.4, -0.2) is 18.9 Å². The maximum Gasteiger partial charge on any atom is 0.0231 e. The van der Waals surface area contributed by atoms with Crippen LogP contribution >= 0.6 is 11.8 Å². The van der Waals surface area contributed by atoms with Gasteiger partial charge in [-0.1, -0.05) is 48.5 Å². The van der Waals surface area contributed by atoms with Gasteiger partial charge in [0.2, 0.25) is 0 Å². The molecule has 2 aromatic carbocycles. The molecule has 0 aromatic heterocycles. The van der Waals surface area contributed by atoms with Crippen LogP contribution < -0.4 is 0 Å². The Balaban J connectivity index is 0.00000112. The van der Waals surface area contributed by atoms with Gasteiger partial charge in [0.15, 0.2) is 0 Å². The Morgan fingerprint density at radius 1 is 0.733 bits per heavy atom. The molecule has 2 heteroatoms. The van der Waals surface area contributed by atoms with E-state index in [4.69, 9.17) is 0 Å². The first-order valence-corrected chi connectivity index (χ1v) is 5.65. The average Bonchev–Trinajstić information content (AvgIpc) is 2.29. The van der Waals surface area contributed by atoms with Crippen LogP contribution in [0.2, 0.25) is 0 Å². The second kappa shape index (κ2) is 6.79. The molecule has 0 heterocycles. The van der Waals surface area contributed by atoms with E-state index in [2.05, 4.69) is 54.6 Å². The quantitative estimate of drug-likeness (QED) is 0.550. The predicted molar refractivity (Wildman–Crippen MR) is 69.6 cm³/mol. The summed E-state index contributed by atoms with van der Waals surface area (Å²) in [7, 11) is 0. The fourth-order valence-electron chi connectivity index (χ4n) is 1.26. The molecule has 0 amide bonds. The van der Waals surface area contributed by atoms with E-state index in [1.54, 1.807) is 0 Å². The molecule has 0 radical (unpaired) electrons. The van der Waals surface area contributed by atoms with Crippen molar-refractivity contribution in [1.82, 2.24) is 0 Å². The summed E-state index contributed by atoms with van der Waals surface area (Å²) >= 11 is 1.87. The van der Waals surface area contributed by atoms with Gasteiger partial charge in [-0.3, -0.25) is 0 Å². The zero-order chi connectivity index (χ0) is 9.64. The summed E-state index contributed by atoms with van der Waals surface area (Å²) in [5, 5.41) is 0. The Morgan fingerprint density at radius 2 is 1.27 bits per heavy atom. The van der Waals surface area contributed by atoms with Gasteiger partial charge in [0.05, 0.1) is 0 Å². The van der Waals surface area contributed by atoms with Crippen LogP contribution in [-0.2, 0) is 5.75 Å². The number of benzene rings is 2. The summed E-state index contributed by atoms with van der Waals surface area (Å²) in [4.78, 5) is 1.33. The zero-order valence-electron chi connectivity index (χ0n) is 7.89. The van der Waals surface area contributed by atoms with E-state index in [0.29, 0.717) is 0 Å². The molecule has 0 saturated carbocycles. The summed E-state index contributed by atoms with van der Waals surface area (Å²) in [5.41, 5.74) is 1.38. The number of hydrogen-bond donors (Lipinski definition) is 0. The van der Waals surface area contributed by atoms with E-state index in [1.807, 2.05) is 17.8 Å². The molecule has 0 N–H and O–H groups in total. The molecule has 0 bridgehead atoms. The summed E-state index contributed by atoms with van der Waals surface area (Å²) in [6, 6.07) is 21.0. The molecule has 0 nitrogen and oxygen atoms in total. The van der Waals surface area contributed by atoms with E-state index in [-0.39, 0.29) is 18.9 Å². The minimum Gasteiger partial charge on any atom is -0.121 e. The van der Waals surface area contributed by atoms with Crippen LogP contribution in [0.25, 0.3) is 0 Å². The van der Waals surface area contributed by atoms with Gasteiger partial charge in [0.1, 0.15) is 0 Å². The Morgan fingerprint density at radius 3 is 1.87 bits per heavy atom. The zero-order valence-corrected chi connectivity index (χ0v) is 8.71. The van der Waals surface area contributed by atoms with Crippen molar-refractivity contribution in [1.29, 1.82) is 0 Å². The average molecular weight is 208 g/mol. The molecule has 0 aliphatic rings. The Labute approximate surface area is 107 Å². The molecule has 0 unspecified atom stereocenters. The number of rotatable bonds is 3. The molecular weight excluding hydrogens is 195 g/mol. The van der Waals surface area contributed by atoms with E-state index in [0.717, 1.165) is 5.75 Å². The van der Waals surface area contributed by atoms with Crippen LogP contribution in [0.3, 0.4) is 0 Å². The first-order valence-electron chi connectivity index (χ1n) is 4.67. The molecule has 0 aliphatic carbocycles. The molecule has 0 fully saturated rings. The third-order valence-corrected chi connectivity index (χ3v) is 3.07. The van der Waals surface area contributed by atoms with Gasteiger partial charge in [-0.15, -0.1) is 11.8 Å². The monoisotopic (exact) mass is 208 g/mol. The van der Waals surface area contributed by atoms with Crippen molar-refractivity contribution in [2.45, 2.75) is 10.6 Å². The summed E-state index contributed by atoms with van der Waals surface area (Å²) in [6.07, 6.45) is 0. The van der Waals surface area contributed by atoms with Gasteiger partial charge in [0.25, 0.3) is 0 Å². The Kier molecular flexibility index (Phi) is 5.64. The molecule has 0 saturated heterocycles. The van der Waals surface area contributed by atoms with Crippen LogP contribution in [0.15, 0.2) is 65.6 Å². The molecule has 15 heavy (non-hydrogen) atoms. The van der Waals surface area contributed by atoms with Crippen molar-refractivity contribution < 1.29 is 0 Å². The Hall–Kier alpha value is -0.613. The molecule has 72 valence electrons. The van der Waals surface area contributed by atoms with Gasteiger partial charge in [-0.25, -0.2) is 0 Å². The summed E-state index contributed by atoms with van der Waals surface area (Å²) in [5.74, 6) is 1.05. The van der Waals surface area contributed by atoms with Gasteiger partial charge < -0.3 is 0 Å². The van der Waals surface area contributed by atoms with E-state index in [9.17, 15) is 0 Å². The van der Waals surface area contributed by atoms with Crippen molar-refractivity contribution in [3.63, 3.8) is 0 Å². The molecule has 0 atom stereocenters. The molecule has 0 aliphatic heterocycles. The second-order valence-corrected chi connectivity index (χ2v) is 4.14. The minimum atomic E-state index is 0. The first kappa shape index (κ1) is 12.5. The normalized spacial score (nSPS) is 9.33. The van der Waals surface area contributed by atoms with E-state index < -0.39 is 0 Å². The van der Waals surface area contributed by atoms with Crippen molar-refractivity contribution in [3.8, 4) is 0 Å². The van der Waals surface area contributed by atoms with Gasteiger partial charge in [-0.2, -0.15) is 0 Å². The predicted octanol–water partition coefficient (Wildman–Crippen LogP) is 3.33. The third kappa shape index (κ3) is 4.18. The van der Waals surface area contributed by atoms with Gasteiger partial charge in [-0.05, 0) is 17.7 Å². The fourth-order valence-corrected chi connectivity index (χ4v) is 2.13. The van der Waals surface area contributed by atoms with Crippen molar-refractivity contribution in [2.75, 3.05) is 0 Å². The van der Waals surface area contributed by atoms with Gasteiger partial charge >= 0.3 is 18.9 Å². The molecule has 0 spiro atoms. The van der Waals surface area contributed by atoms with Crippen molar-refractivity contribution in [3.05, 3.63) is 66.2 Å². The van der Waals surface area contributed by atoms with Crippen molar-refractivity contribution in [2.24, 2.45) is 0 Å². The van der Waals surface area contributed by atoms with Crippen LogP contribution in [0.4, 0.5) is 0 Å². The summed E-state index contributed by atoms with van der Waals surface area (Å²) in [6.45, 7) is 0. The SMILES string of the molecule is [LiH].c1ccc(CSc2ccccc2)cc1. The topological polar surface area (TPSA) is 0 Å². The number of hydrogen-bond acceptors (Lipinski definition) is 1. The number of thioether (sulfide) groups is 1. The minimum absolute atomic E-state index is 0. The van der Waals surface area contributed by atoms with Crippen LogP contribution in [0, 0.1) is 0 Å². The van der Waals surface area contributed by atoms with E-state index in [1.165, 1.54) is 10.5 Å². The maximum atomic E-state index is 2.16. The fraction of sp³-hybridized carbons (Fsp3) is 0.0769. The van der Waals surface area contributed by atoms with Crippen molar-refractivity contribution >= 4 is 30.6 Å².